The Morgan fingerprint density at radius 2 is 1.94 bits per heavy atom. The molecule has 0 saturated heterocycles. The molecule has 0 bridgehead atoms. The van der Waals surface area contributed by atoms with Gasteiger partial charge in [-0.05, 0) is 68.3 Å². The lowest BCUT2D eigenvalue weighted by Crippen LogP contribution is -2.14. The van der Waals surface area contributed by atoms with Crippen molar-refractivity contribution in [2.45, 2.75) is 39.8 Å². The molecule has 0 spiro atoms. The van der Waals surface area contributed by atoms with Crippen LogP contribution in [0.3, 0.4) is 0 Å². The van der Waals surface area contributed by atoms with E-state index in [2.05, 4.69) is 53.6 Å². The van der Waals surface area contributed by atoms with Gasteiger partial charge in [0.05, 0.1) is 23.4 Å². The molecule has 0 aliphatic heterocycles. The van der Waals surface area contributed by atoms with E-state index in [1.807, 2.05) is 11.3 Å². The number of aryl methyl sites for hydroxylation is 3. The van der Waals surface area contributed by atoms with Crippen LogP contribution in [-0.4, -0.2) is 38.8 Å². The zero-order valence-electron chi connectivity index (χ0n) is 19.5. The van der Waals surface area contributed by atoms with Crippen molar-refractivity contribution in [1.82, 2.24) is 14.6 Å². The number of carbonyl (C=O) groups excluding carboxylic acids is 2. The molecule has 174 valence electrons. The second-order valence-corrected chi connectivity index (χ2v) is 9.81. The van der Waals surface area contributed by atoms with Gasteiger partial charge in [0.15, 0.2) is 10.8 Å². The van der Waals surface area contributed by atoms with Gasteiger partial charge in [0.2, 0.25) is 5.91 Å². The van der Waals surface area contributed by atoms with E-state index >= 15 is 0 Å². The number of nitrogens with one attached hydrogen (secondary N) is 1. The van der Waals surface area contributed by atoms with Crippen LogP contribution >= 0.6 is 23.1 Å². The lowest BCUT2D eigenvalue weighted by molar-refractivity contribution is -0.113. The largest absolute Gasteiger partial charge is 0.462 e. The number of nitriles is 1. The van der Waals surface area contributed by atoms with Crippen LogP contribution < -0.4 is 5.32 Å². The predicted octanol–water partition coefficient (Wildman–Crippen LogP) is 4.96. The van der Waals surface area contributed by atoms with Crippen LogP contribution in [0.25, 0.3) is 16.6 Å². The van der Waals surface area contributed by atoms with Gasteiger partial charge in [0.25, 0.3) is 0 Å². The van der Waals surface area contributed by atoms with Gasteiger partial charge in [0.1, 0.15) is 15.9 Å². The number of hydrogen-bond acceptors (Lipinski definition) is 8. The number of nitrogens with zero attached hydrogens (tertiary/aromatic N) is 4. The molecule has 0 aliphatic rings. The molecule has 0 atom stereocenters. The van der Waals surface area contributed by atoms with E-state index in [9.17, 15) is 14.9 Å². The highest BCUT2D eigenvalue weighted by molar-refractivity contribution is 7.99. The number of anilines is 1. The number of esters is 1. The minimum absolute atomic E-state index is 0.0671. The fourth-order valence-electron chi connectivity index (χ4n) is 3.77. The molecular weight excluding hydrogens is 470 g/mol. The Hall–Kier alpha value is -3.42. The van der Waals surface area contributed by atoms with Gasteiger partial charge in [0, 0.05) is 0 Å². The van der Waals surface area contributed by atoms with Crippen LogP contribution in [0.1, 0.15) is 44.4 Å². The summed E-state index contributed by atoms with van der Waals surface area (Å²) in [5.74, 6) is -0.739. The molecule has 4 aromatic rings. The van der Waals surface area contributed by atoms with Crippen molar-refractivity contribution >= 4 is 56.5 Å². The van der Waals surface area contributed by atoms with E-state index in [0.717, 1.165) is 44.6 Å². The third-order valence-electron chi connectivity index (χ3n) is 5.62. The maximum Gasteiger partial charge on any atom is 0.348 e. The van der Waals surface area contributed by atoms with Gasteiger partial charge in [-0.25, -0.2) is 4.79 Å². The van der Waals surface area contributed by atoms with Crippen molar-refractivity contribution in [2.24, 2.45) is 0 Å². The quantitative estimate of drug-likeness (QED) is 0.299. The summed E-state index contributed by atoms with van der Waals surface area (Å²) in [5, 5.41) is 23.0. The maximum absolute atomic E-state index is 12.8. The van der Waals surface area contributed by atoms with E-state index < -0.39 is 5.97 Å². The Kier molecular flexibility index (Phi) is 6.59. The second kappa shape index (κ2) is 9.44. The molecule has 3 aromatic heterocycles. The minimum atomic E-state index is -0.501. The van der Waals surface area contributed by atoms with Crippen LogP contribution in [0.5, 0.6) is 0 Å². The summed E-state index contributed by atoms with van der Waals surface area (Å²) >= 11 is 2.32. The highest BCUT2D eigenvalue weighted by atomic mass is 32.2. The number of aromatic nitrogens is 3. The Morgan fingerprint density at radius 1 is 1.18 bits per heavy atom. The molecule has 0 saturated carbocycles. The number of fused-ring (bicyclic) bond motifs is 3. The fourth-order valence-corrected chi connectivity index (χ4v) is 5.58. The summed E-state index contributed by atoms with van der Waals surface area (Å²) in [4.78, 5) is 25.3. The molecule has 1 aromatic carbocycles. The van der Waals surface area contributed by atoms with Crippen molar-refractivity contribution in [2.75, 3.05) is 17.7 Å². The summed E-state index contributed by atoms with van der Waals surface area (Å²) < 4.78 is 7.05. The average Bonchev–Trinajstić information content (AvgIpc) is 3.36. The monoisotopic (exact) mass is 493 g/mol. The summed E-state index contributed by atoms with van der Waals surface area (Å²) in [6, 6.07) is 8.34. The van der Waals surface area contributed by atoms with Gasteiger partial charge in [-0.15, -0.1) is 21.5 Å². The molecular formula is C24H23N5O3S2. The van der Waals surface area contributed by atoms with Crippen molar-refractivity contribution in [3.05, 3.63) is 50.9 Å². The Bertz CT molecular complexity index is 1500. The lowest BCUT2D eigenvalue weighted by Gasteiger charge is -2.11. The first-order chi connectivity index (χ1) is 16.3. The molecule has 0 aliphatic carbocycles. The van der Waals surface area contributed by atoms with Crippen molar-refractivity contribution in [1.29, 1.82) is 5.26 Å². The SMILES string of the molecule is CCOC(=O)c1sc(NC(=O)CSc2nnc3c(C)cc4ccc(C)c(C)c4n23)c(C#N)c1C. The highest BCUT2D eigenvalue weighted by Crippen LogP contribution is 2.34. The maximum atomic E-state index is 12.8. The van der Waals surface area contributed by atoms with Gasteiger partial charge in [-0.1, -0.05) is 23.9 Å². The second-order valence-electron chi connectivity index (χ2n) is 7.84. The predicted molar refractivity (Wildman–Crippen MR) is 134 cm³/mol. The highest BCUT2D eigenvalue weighted by Gasteiger charge is 2.23. The number of rotatable bonds is 6. The summed E-state index contributed by atoms with van der Waals surface area (Å²) in [5.41, 5.74) is 5.84. The summed E-state index contributed by atoms with van der Waals surface area (Å²) in [6.45, 7) is 9.74. The van der Waals surface area contributed by atoms with E-state index in [0.29, 0.717) is 20.6 Å². The van der Waals surface area contributed by atoms with E-state index in [1.54, 1.807) is 13.8 Å². The number of thioether (sulfide) groups is 1. The van der Waals surface area contributed by atoms with Crippen LogP contribution in [-0.2, 0) is 9.53 Å². The third kappa shape index (κ3) is 4.13. The van der Waals surface area contributed by atoms with Crippen molar-refractivity contribution < 1.29 is 14.3 Å². The number of carbonyl (C=O) groups is 2. The molecule has 3 heterocycles. The van der Waals surface area contributed by atoms with Crippen LogP contribution in [0, 0.1) is 39.0 Å². The van der Waals surface area contributed by atoms with Crippen LogP contribution in [0.15, 0.2) is 23.4 Å². The number of benzene rings is 1. The zero-order valence-corrected chi connectivity index (χ0v) is 21.1. The fraction of sp³-hybridized carbons (Fsp3) is 0.292. The Labute approximate surface area is 204 Å². The molecule has 1 N–H and O–H groups in total. The number of hydrogen-bond donors (Lipinski definition) is 1. The minimum Gasteiger partial charge on any atom is -0.462 e. The Morgan fingerprint density at radius 3 is 2.65 bits per heavy atom. The summed E-state index contributed by atoms with van der Waals surface area (Å²) in [7, 11) is 0. The van der Waals surface area contributed by atoms with Crippen LogP contribution in [0.4, 0.5) is 5.00 Å². The van der Waals surface area contributed by atoms with Gasteiger partial charge in [-0.2, -0.15) is 5.26 Å². The average molecular weight is 494 g/mol. The van der Waals surface area contributed by atoms with Crippen molar-refractivity contribution in [3.8, 4) is 6.07 Å². The molecule has 8 nitrogen and oxygen atoms in total. The number of amides is 1. The molecule has 34 heavy (non-hydrogen) atoms. The third-order valence-corrected chi connectivity index (χ3v) is 7.74. The number of pyridine rings is 1. The normalized spacial score (nSPS) is 11.1. The lowest BCUT2D eigenvalue weighted by atomic mass is 10.0. The van der Waals surface area contributed by atoms with Crippen molar-refractivity contribution in [3.63, 3.8) is 0 Å². The molecule has 10 heteroatoms. The smallest absolute Gasteiger partial charge is 0.348 e. The first-order valence-electron chi connectivity index (χ1n) is 10.6. The molecule has 0 radical (unpaired) electrons. The van der Waals surface area contributed by atoms with Gasteiger partial charge < -0.3 is 10.1 Å². The standard InChI is InChI=1S/C24H23N5O3S2/c1-6-32-23(31)20-15(5)17(10-25)22(34-20)26-18(30)11-33-24-28-27-21-13(3)9-16-8-7-12(2)14(4)19(16)29(21)24/h7-9H,6,11H2,1-5H3,(H,26,30). The molecule has 4 rings (SSSR count). The number of thiophene rings is 1. The van der Waals surface area contributed by atoms with Gasteiger partial charge in [-0.3, -0.25) is 9.20 Å². The zero-order chi connectivity index (χ0) is 24.6. The summed E-state index contributed by atoms with van der Waals surface area (Å²) in [6.07, 6.45) is 0. The first-order valence-corrected chi connectivity index (χ1v) is 12.4. The Balaban J connectivity index is 1.61. The van der Waals surface area contributed by atoms with Gasteiger partial charge >= 0.3 is 5.97 Å². The number of ether oxygens (including phenoxy) is 1. The van der Waals surface area contributed by atoms with Crippen LogP contribution in [0.2, 0.25) is 0 Å². The molecule has 1 amide bonds. The van der Waals surface area contributed by atoms with E-state index in [4.69, 9.17) is 4.74 Å². The molecule has 0 fully saturated rings. The van der Waals surface area contributed by atoms with E-state index in [1.165, 1.54) is 11.8 Å². The topological polar surface area (TPSA) is 109 Å². The van der Waals surface area contributed by atoms with E-state index in [-0.39, 0.29) is 23.8 Å². The molecule has 0 unspecified atom stereocenters. The first kappa shape index (κ1) is 23.7.